The van der Waals surface area contributed by atoms with Crippen molar-refractivity contribution >= 4 is 16.9 Å². The topological polar surface area (TPSA) is 62.5 Å². The number of nitrogens with one attached hydrogen (secondary N) is 1. The Morgan fingerprint density at radius 2 is 2.15 bits per heavy atom. The molecule has 2 aromatic rings. The first-order valence-electron chi connectivity index (χ1n) is 5.79. The van der Waals surface area contributed by atoms with Crippen molar-refractivity contribution in [1.82, 2.24) is 5.32 Å². The van der Waals surface area contributed by atoms with E-state index in [-0.39, 0.29) is 5.76 Å². The second-order valence-corrected chi connectivity index (χ2v) is 4.39. The lowest BCUT2D eigenvalue weighted by molar-refractivity contribution is -0.0463. The van der Waals surface area contributed by atoms with Crippen LogP contribution in [0, 0.1) is 12.7 Å². The Hall–Kier alpha value is -2.02. The van der Waals surface area contributed by atoms with Gasteiger partial charge in [0.25, 0.3) is 11.8 Å². The predicted molar refractivity (Wildman–Crippen MR) is 65.3 cm³/mol. The van der Waals surface area contributed by atoms with E-state index in [1.54, 1.807) is 0 Å². The number of aliphatic hydroxyl groups is 1. The number of carbonyl (C=O) groups is 1. The molecule has 0 saturated heterocycles. The number of halogens is 3. The molecule has 0 atom stereocenters. The summed E-state index contributed by atoms with van der Waals surface area (Å²) in [6.07, 6.45) is 0. The highest BCUT2D eigenvalue weighted by Gasteiger charge is 2.29. The van der Waals surface area contributed by atoms with Crippen LogP contribution in [0.5, 0.6) is 0 Å². The van der Waals surface area contributed by atoms with Gasteiger partial charge in [-0.15, -0.1) is 0 Å². The van der Waals surface area contributed by atoms with E-state index in [9.17, 15) is 18.0 Å². The molecule has 0 saturated carbocycles. The highest BCUT2D eigenvalue weighted by Crippen LogP contribution is 2.26. The molecule has 7 heteroatoms. The number of rotatable bonds is 4. The van der Waals surface area contributed by atoms with E-state index in [0.29, 0.717) is 16.5 Å². The molecule has 0 aliphatic carbocycles. The van der Waals surface area contributed by atoms with Crippen LogP contribution in [0.15, 0.2) is 22.6 Å². The van der Waals surface area contributed by atoms with Crippen LogP contribution in [-0.4, -0.2) is 30.1 Å². The summed E-state index contributed by atoms with van der Waals surface area (Å²) in [4.78, 5) is 11.8. The largest absolute Gasteiger partial charge is 0.451 e. The van der Waals surface area contributed by atoms with Gasteiger partial charge in [-0.05, 0) is 25.1 Å². The normalized spacial score (nSPS) is 11.8. The number of aliphatic hydroxyl groups excluding tert-OH is 1. The number of furan rings is 1. The molecule has 2 N–H and O–H groups in total. The van der Waals surface area contributed by atoms with E-state index in [2.05, 4.69) is 0 Å². The first kappa shape index (κ1) is 14.4. The molecule has 1 aromatic heterocycles. The third-order valence-electron chi connectivity index (χ3n) is 2.84. The summed E-state index contributed by atoms with van der Waals surface area (Å²) in [6, 6.07) is 3.73. The molecule has 2 rings (SSSR count). The summed E-state index contributed by atoms with van der Waals surface area (Å²) >= 11 is 0. The van der Waals surface area contributed by atoms with E-state index < -0.39 is 30.8 Å². The van der Waals surface area contributed by atoms with Crippen molar-refractivity contribution in [2.24, 2.45) is 0 Å². The summed E-state index contributed by atoms with van der Waals surface area (Å²) in [7, 11) is 0. The molecule has 0 radical (unpaired) electrons. The second-order valence-electron chi connectivity index (χ2n) is 4.39. The van der Waals surface area contributed by atoms with Crippen molar-refractivity contribution in [2.45, 2.75) is 12.8 Å². The first-order chi connectivity index (χ1) is 9.34. The van der Waals surface area contributed by atoms with E-state index in [0.717, 1.165) is 0 Å². The Kier molecular flexibility index (Phi) is 3.71. The number of aryl methyl sites for hydroxylation is 1. The standard InChI is InChI=1S/C13H12F3NO3/c1-7-9-4-8(14)2-3-10(9)20-11(7)12(19)17-5-13(15,16)6-18/h2-4,18H,5-6H2,1H3,(H,17,19). The third kappa shape index (κ3) is 2.77. The SMILES string of the molecule is Cc1c(C(=O)NCC(F)(F)CO)oc2ccc(F)cc12. The van der Waals surface area contributed by atoms with Gasteiger partial charge in [0, 0.05) is 10.9 Å². The maximum atomic E-state index is 13.1. The Bertz CT molecular complexity index is 652. The minimum atomic E-state index is -3.40. The van der Waals surface area contributed by atoms with Crippen LogP contribution < -0.4 is 5.32 Å². The lowest BCUT2D eigenvalue weighted by Gasteiger charge is -2.13. The second kappa shape index (κ2) is 5.16. The molecule has 1 amide bonds. The first-order valence-corrected chi connectivity index (χ1v) is 5.79. The van der Waals surface area contributed by atoms with Gasteiger partial charge in [0.1, 0.15) is 18.0 Å². The zero-order valence-corrected chi connectivity index (χ0v) is 10.5. The zero-order chi connectivity index (χ0) is 14.9. The molecule has 108 valence electrons. The van der Waals surface area contributed by atoms with Crippen LogP contribution >= 0.6 is 0 Å². The predicted octanol–water partition coefficient (Wildman–Crippen LogP) is 2.24. The van der Waals surface area contributed by atoms with E-state index in [4.69, 9.17) is 9.52 Å². The summed E-state index contributed by atoms with van der Waals surface area (Å²) in [5.74, 6) is -4.88. The number of alkyl halides is 2. The van der Waals surface area contributed by atoms with Gasteiger partial charge in [-0.25, -0.2) is 13.2 Å². The van der Waals surface area contributed by atoms with Crippen LogP contribution in [0.4, 0.5) is 13.2 Å². The fourth-order valence-corrected chi connectivity index (χ4v) is 1.76. The highest BCUT2D eigenvalue weighted by atomic mass is 19.3. The van der Waals surface area contributed by atoms with Crippen LogP contribution in [0.1, 0.15) is 16.1 Å². The molecule has 0 unspecified atom stereocenters. The molecule has 0 fully saturated rings. The molecule has 20 heavy (non-hydrogen) atoms. The fourth-order valence-electron chi connectivity index (χ4n) is 1.76. The average Bonchev–Trinajstić information content (AvgIpc) is 2.74. The van der Waals surface area contributed by atoms with Crippen molar-refractivity contribution in [2.75, 3.05) is 13.2 Å². The number of benzene rings is 1. The molecule has 0 bridgehead atoms. The molecule has 1 aromatic carbocycles. The van der Waals surface area contributed by atoms with Gasteiger partial charge in [-0.1, -0.05) is 0 Å². The molecular formula is C13H12F3NO3. The highest BCUT2D eigenvalue weighted by molar-refractivity contribution is 5.98. The average molecular weight is 287 g/mol. The maximum Gasteiger partial charge on any atom is 0.287 e. The van der Waals surface area contributed by atoms with Crippen molar-refractivity contribution in [3.63, 3.8) is 0 Å². The quantitative estimate of drug-likeness (QED) is 0.906. The van der Waals surface area contributed by atoms with Gasteiger partial charge in [0.2, 0.25) is 0 Å². The summed E-state index contributed by atoms with van der Waals surface area (Å²) < 4.78 is 44.0. The lowest BCUT2D eigenvalue weighted by atomic mass is 10.1. The van der Waals surface area contributed by atoms with Crippen LogP contribution in [0.25, 0.3) is 11.0 Å². The number of hydrogen-bond acceptors (Lipinski definition) is 3. The third-order valence-corrected chi connectivity index (χ3v) is 2.84. The number of amides is 1. The molecule has 0 aliphatic heterocycles. The van der Waals surface area contributed by atoms with Gasteiger partial charge in [-0.2, -0.15) is 0 Å². The van der Waals surface area contributed by atoms with Gasteiger partial charge in [0.05, 0.1) is 6.54 Å². The van der Waals surface area contributed by atoms with Crippen molar-refractivity contribution in [3.8, 4) is 0 Å². The molecule has 1 heterocycles. The Labute approximate surface area is 112 Å². The van der Waals surface area contributed by atoms with Crippen LogP contribution in [0.2, 0.25) is 0 Å². The van der Waals surface area contributed by atoms with Crippen molar-refractivity contribution in [3.05, 3.63) is 35.3 Å². The van der Waals surface area contributed by atoms with Crippen molar-refractivity contribution < 1.29 is 27.5 Å². The monoisotopic (exact) mass is 287 g/mol. The summed E-state index contributed by atoms with van der Waals surface area (Å²) in [5.41, 5.74) is 0.660. The van der Waals surface area contributed by atoms with E-state index >= 15 is 0 Å². The Balaban J connectivity index is 2.25. The molecule has 0 aliphatic rings. The van der Waals surface area contributed by atoms with Crippen LogP contribution in [-0.2, 0) is 0 Å². The number of fused-ring (bicyclic) bond motifs is 1. The summed E-state index contributed by atoms with van der Waals surface area (Å²) in [6.45, 7) is -0.838. The van der Waals surface area contributed by atoms with Gasteiger partial charge < -0.3 is 14.8 Å². The lowest BCUT2D eigenvalue weighted by Crippen LogP contribution is -2.39. The smallest absolute Gasteiger partial charge is 0.287 e. The molecule has 0 spiro atoms. The molecule has 4 nitrogen and oxygen atoms in total. The van der Waals surface area contributed by atoms with Gasteiger partial charge in [0.15, 0.2) is 5.76 Å². The number of hydrogen-bond donors (Lipinski definition) is 2. The minimum absolute atomic E-state index is 0.153. The number of carbonyl (C=O) groups excluding carboxylic acids is 1. The molecular weight excluding hydrogens is 275 g/mol. The van der Waals surface area contributed by atoms with Gasteiger partial charge >= 0.3 is 0 Å². The zero-order valence-electron chi connectivity index (χ0n) is 10.5. The van der Waals surface area contributed by atoms with E-state index in [1.165, 1.54) is 25.1 Å². The Morgan fingerprint density at radius 3 is 2.80 bits per heavy atom. The van der Waals surface area contributed by atoms with Crippen LogP contribution in [0.3, 0.4) is 0 Å². The van der Waals surface area contributed by atoms with E-state index in [1.807, 2.05) is 5.32 Å². The van der Waals surface area contributed by atoms with Crippen molar-refractivity contribution in [1.29, 1.82) is 0 Å². The minimum Gasteiger partial charge on any atom is -0.451 e. The summed E-state index contributed by atoms with van der Waals surface area (Å²) in [5, 5.41) is 10.8. The Morgan fingerprint density at radius 1 is 1.45 bits per heavy atom. The van der Waals surface area contributed by atoms with Gasteiger partial charge in [-0.3, -0.25) is 4.79 Å². The fraction of sp³-hybridized carbons (Fsp3) is 0.308. The maximum absolute atomic E-state index is 13.1.